The van der Waals surface area contributed by atoms with E-state index >= 15 is 0 Å². The van der Waals surface area contributed by atoms with Gasteiger partial charge in [0.05, 0.1) is 47.7 Å². The molecule has 0 amide bonds. The summed E-state index contributed by atoms with van der Waals surface area (Å²) in [6.45, 7) is 7.36. The van der Waals surface area contributed by atoms with Crippen LogP contribution in [-0.2, 0) is 11.3 Å². The molecular formula is C28H29ClFN7O3. The van der Waals surface area contributed by atoms with Crippen molar-refractivity contribution < 1.29 is 18.7 Å². The van der Waals surface area contributed by atoms with Crippen molar-refractivity contribution in [2.75, 3.05) is 44.8 Å². The maximum atomic E-state index is 13.5. The molecule has 40 heavy (non-hydrogen) atoms. The number of hydrogen-bond acceptors (Lipinski definition) is 9. The molecule has 0 unspecified atom stereocenters. The summed E-state index contributed by atoms with van der Waals surface area (Å²) >= 11 is 5.91. The molecule has 0 bridgehead atoms. The zero-order valence-electron chi connectivity index (χ0n) is 22.5. The van der Waals surface area contributed by atoms with Crippen LogP contribution in [0.3, 0.4) is 0 Å². The Hall–Kier alpha value is -4.09. The Labute approximate surface area is 236 Å². The number of carbonyl (C=O) groups is 1. The SMILES string of the molecule is CCOC(=O)c1c(C)nc(N2CCN(Cc3cn(-c4ccc(F)c(Cl)c4)nn3)CC2)nc1-c1ccc(OC)cc1. The number of aryl methyl sites for hydroxylation is 1. The van der Waals surface area contributed by atoms with Gasteiger partial charge in [-0.05, 0) is 56.3 Å². The van der Waals surface area contributed by atoms with Gasteiger partial charge in [-0.25, -0.2) is 23.8 Å². The smallest absolute Gasteiger partial charge is 0.342 e. The van der Waals surface area contributed by atoms with E-state index in [1.807, 2.05) is 30.5 Å². The highest BCUT2D eigenvalue weighted by molar-refractivity contribution is 6.30. The third-order valence-corrected chi connectivity index (χ3v) is 6.96. The fourth-order valence-corrected chi connectivity index (χ4v) is 4.74. The standard InChI is InChI=1S/C28H29ClFN7O3/c1-4-40-27(38)25-18(2)31-28(32-26(25)19-5-8-22(39-3)9-6-19)36-13-11-35(12-14-36)16-20-17-37(34-33-20)21-7-10-24(30)23(29)15-21/h5-10,15,17H,4,11-14,16H2,1-3H3. The van der Waals surface area contributed by atoms with Gasteiger partial charge < -0.3 is 14.4 Å². The molecule has 0 spiro atoms. The molecule has 1 aliphatic rings. The van der Waals surface area contributed by atoms with Crippen LogP contribution in [0.2, 0.25) is 5.02 Å². The molecule has 12 heteroatoms. The van der Waals surface area contributed by atoms with Crippen LogP contribution in [0.15, 0.2) is 48.7 Å². The first-order chi connectivity index (χ1) is 19.4. The number of esters is 1. The minimum absolute atomic E-state index is 0.0357. The molecule has 208 valence electrons. The Morgan fingerprint density at radius 3 is 2.50 bits per heavy atom. The van der Waals surface area contributed by atoms with E-state index in [4.69, 9.17) is 26.1 Å². The van der Waals surface area contributed by atoms with E-state index in [0.29, 0.717) is 54.0 Å². The van der Waals surface area contributed by atoms with E-state index in [1.54, 1.807) is 31.7 Å². The van der Waals surface area contributed by atoms with Crippen molar-refractivity contribution in [2.24, 2.45) is 0 Å². The molecule has 1 aliphatic heterocycles. The summed E-state index contributed by atoms with van der Waals surface area (Å²) in [6.07, 6.45) is 1.82. The maximum Gasteiger partial charge on any atom is 0.342 e. The van der Waals surface area contributed by atoms with E-state index in [0.717, 1.165) is 24.3 Å². The normalized spacial score (nSPS) is 13.9. The Balaban J connectivity index is 1.30. The first-order valence-corrected chi connectivity index (χ1v) is 13.3. The summed E-state index contributed by atoms with van der Waals surface area (Å²) in [5, 5.41) is 8.47. The van der Waals surface area contributed by atoms with Crippen molar-refractivity contribution in [1.82, 2.24) is 29.9 Å². The molecule has 2 aromatic heterocycles. The number of methoxy groups -OCH3 is 1. The number of halogens is 2. The molecule has 3 heterocycles. The lowest BCUT2D eigenvalue weighted by molar-refractivity contribution is 0.0525. The average Bonchev–Trinajstić information content (AvgIpc) is 3.43. The zero-order chi connectivity index (χ0) is 28.2. The highest BCUT2D eigenvalue weighted by Gasteiger charge is 2.25. The molecule has 0 saturated carbocycles. The quantitative estimate of drug-likeness (QED) is 0.289. The van der Waals surface area contributed by atoms with Crippen molar-refractivity contribution in [3.63, 3.8) is 0 Å². The number of aromatic nitrogens is 5. The molecular weight excluding hydrogens is 537 g/mol. The number of anilines is 1. The molecule has 0 atom stereocenters. The maximum absolute atomic E-state index is 13.5. The van der Waals surface area contributed by atoms with Gasteiger partial charge in [0, 0.05) is 38.3 Å². The van der Waals surface area contributed by atoms with Gasteiger partial charge in [-0.15, -0.1) is 5.10 Å². The van der Waals surface area contributed by atoms with Crippen LogP contribution in [0.25, 0.3) is 16.9 Å². The summed E-state index contributed by atoms with van der Waals surface area (Å²) in [5.41, 5.74) is 3.67. The second kappa shape index (κ2) is 12.0. The van der Waals surface area contributed by atoms with Crippen LogP contribution in [0.4, 0.5) is 10.3 Å². The van der Waals surface area contributed by atoms with Gasteiger partial charge in [-0.2, -0.15) is 0 Å². The zero-order valence-corrected chi connectivity index (χ0v) is 23.2. The van der Waals surface area contributed by atoms with E-state index in [9.17, 15) is 9.18 Å². The number of piperazine rings is 1. The van der Waals surface area contributed by atoms with Crippen molar-refractivity contribution in [1.29, 1.82) is 0 Å². The lowest BCUT2D eigenvalue weighted by atomic mass is 10.0. The minimum atomic E-state index is -0.477. The van der Waals surface area contributed by atoms with Crippen LogP contribution in [0, 0.1) is 12.7 Å². The minimum Gasteiger partial charge on any atom is -0.497 e. The van der Waals surface area contributed by atoms with E-state index < -0.39 is 11.8 Å². The topological polar surface area (TPSA) is 98.5 Å². The Morgan fingerprint density at radius 1 is 1.07 bits per heavy atom. The molecule has 0 N–H and O–H groups in total. The lowest BCUT2D eigenvalue weighted by Gasteiger charge is -2.34. The molecule has 0 radical (unpaired) electrons. The van der Waals surface area contributed by atoms with Gasteiger partial charge in [0.2, 0.25) is 5.95 Å². The fourth-order valence-electron chi connectivity index (χ4n) is 4.56. The molecule has 1 fully saturated rings. The van der Waals surface area contributed by atoms with Gasteiger partial charge in [0.1, 0.15) is 17.1 Å². The average molecular weight is 566 g/mol. The van der Waals surface area contributed by atoms with Crippen molar-refractivity contribution in [2.45, 2.75) is 20.4 Å². The predicted molar refractivity (Wildman–Crippen MR) is 149 cm³/mol. The summed E-state index contributed by atoms with van der Waals surface area (Å²) in [7, 11) is 1.61. The predicted octanol–water partition coefficient (Wildman–Crippen LogP) is 4.33. The lowest BCUT2D eigenvalue weighted by Crippen LogP contribution is -2.46. The van der Waals surface area contributed by atoms with Crippen LogP contribution in [-0.4, -0.2) is 75.7 Å². The van der Waals surface area contributed by atoms with Crippen LogP contribution in [0.1, 0.15) is 28.7 Å². The molecule has 2 aromatic carbocycles. The van der Waals surface area contributed by atoms with Gasteiger partial charge >= 0.3 is 5.97 Å². The summed E-state index contributed by atoms with van der Waals surface area (Å²) in [6, 6.07) is 11.8. The van der Waals surface area contributed by atoms with Gasteiger partial charge in [-0.3, -0.25) is 4.90 Å². The van der Waals surface area contributed by atoms with Crippen molar-refractivity contribution in [3.05, 3.63) is 76.5 Å². The number of carbonyl (C=O) groups excluding carboxylic acids is 1. The molecule has 4 aromatic rings. The number of rotatable bonds is 8. The van der Waals surface area contributed by atoms with Gasteiger partial charge in [0.25, 0.3) is 0 Å². The second-order valence-electron chi connectivity index (χ2n) is 9.30. The number of nitrogens with zero attached hydrogens (tertiary/aromatic N) is 7. The fraction of sp³-hybridized carbons (Fsp3) is 0.321. The third-order valence-electron chi connectivity index (χ3n) is 6.67. The highest BCUT2D eigenvalue weighted by atomic mass is 35.5. The summed E-state index contributed by atoms with van der Waals surface area (Å²) in [4.78, 5) is 26.7. The Bertz CT molecular complexity index is 1500. The number of ether oxygens (including phenoxy) is 2. The summed E-state index contributed by atoms with van der Waals surface area (Å²) < 4.78 is 25.7. The number of benzene rings is 2. The van der Waals surface area contributed by atoms with E-state index in [-0.39, 0.29) is 11.6 Å². The Morgan fingerprint density at radius 2 is 1.82 bits per heavy atom. The first kappa shape index (κ1) is 27.5. The van der Waals surface area contributed by atoms with Crippen LogP contribution >= 0.6 is 11.6 Å². The van der Waals surface area contributed by atoms with Gasteiger partial charge in [0.15, 0.2) is 0 Å². The summed E-state index contributed by atoms with van der Waals surface area (Å²) in [5.74, 6) is 0.354. The molecule has 1 saturated heterocycles. The molecule has 0 aliphatic carbocycles. The van der Waals surface area contributed by atoms with Crippen LogP contribution < -0.4 is 9.64 Å². The second-order valence-corrected chi connectivity index (χ2v) is 9.70. The third kappa shape index (κ3) is 5.90. The van der Waals surface area contributed by atoms with Crippen molar-refractivity contribution in [3.8, 4) is 22.7 Å². The first-order valence-electron chi connectivity index (χ1n) is 12.9. The largest absolute Gasteiger partial charge is 0.497 e. The van der Waals surface area contributed by atoms with Crippen molar-refractivity contribution >= 4 is 23.5 Å². The molecule has 10 nitrogen and oxygen atoms in total. The number of hydrogen-bond donors (Lipinski definition) is 0. The monoisotopic (exact) mass is 565 g/mol. The van der Waals surface area contributed by atoms with Gasteiger partial charge in [-0.1, -0.05) is 16.8 Å². The van der Waals surface area contributed by atoms with Crippen LogP contribution in [0.5, 0.6) is 5.75 Å². The molecule has 5 rings (SSSR count). The van der Waals surface area contributed by atoms with E-state index in [1.165, 1.54) is 12.1 Å². The highest BCUT2D eigenvalue weighted by Crippen LogP contribution is 2.29. The van der Waals surface area contributed by atoms with E-state index in [2.05, 4.69) is 25.1 Å². The Kier molecular flexibility index (Phi) is 8.22.